The first-order chi connectivity index (χ1) is 5.31. The van der Waals surface area contributed by atoms with Crippen molar-refractivity contribution in [2.24, 2.45) is 17.8 Å². The maximum Gasteiger partial charge on any atom is 0.104 e. The molecule has 2 aliphatic carbocycles. The van der Waals surface area contributed by atoms with Crippen LogP contribution in [0.3, 0.4) is 0 Å². The monoisotopic (exact) mass is 213 g/mol. The molecule has 2 fully saturated rings. The van der Waals surface area contributed by atoms with Crippen molar-refractivity contribution in [1.82, 2.24) is 0 Å². The average molecular weight is 214 g/mol. The van der Waals surface area contributed by atoms with Gasteiger partial charge in [-0.15, -0.1) is 0 Å². The summed E-state index contributed by atoms with van der Waals surface area (Å²) in [5.74, 6) is 2.49. The topological polar surface area (TPSA) is 23.8 Å². The molecule has 0 amide bonds. The minimum atomic E-state index is 0.123. The second kappa shape index (κ2) is 2.79. The Morgan fingerprint density at radius 2 is 2.18 bits per heavy atom. The molecule has 2 rings (SSSR count). The van der Waals surface area contributed by atoms with E-state index in [2.05, 4.69) is 22.0 Å². The van der Waals surface area contributed by atoms with E-state index in [0.717, 1.165) is 11.8 Å². The van der Waals surface area contributed by atoms with Gasteiger partial charge in [0, 0.05) is 0 Å². The summed E-state index contributed by atoms with van der Waals surface area (Å²) in [6.45, 7) is 0. The Balaban J connectivity index is 2.03. The van der Waals surface area contributed by atoms with E-state index in [1.165, 1.54) is 25.7 Å². The van der Waals surface area contributed by atoms with Crippen LogP contribution in [0.4, 0.5) is 0 Å². The summed E-state index contributed by atoms with van der Waals surface area (Å²) in [5, 5.41) is 8.73. The van der Waals surface area contributed by atoms with Gasteiger partial charge < -0.3 is 0 Å². The Bertz CT molecular complexity index is 196. The lowest BCUT2D eigenvalue weighted by Crippen LogP contribution is -2.19. The van der Waals surface area contributed by atoms with Crippen LogP contribution in [0.5, 0.6) is 0 Å². The van der Waals surface area contributed by atoms with Gasteiger partial charge in [-0.25, -0.2) is 0 Å². The fourth-order valence-corrected chi connectivity index (χ4v) is 3.40. The van der Waals surface area contributed by atoms with Gasteiger partial charge in [-0.1, -0.05) is 22.4 Å². The van der Waals surface area contributed by atoms with E-state index in [1.54, 1.807) is 0 Å². The molecule has 2 heteroatoms. The summed E-state index contributed by atoms with van der Waals surface area (Å²) in [4.78, 5) is 0.123. The largest absolute Gasteiger partial charge is 0.197 e. The first-order valence-electron chi connectivity index (χ1n) is 4.35. The zero-order valence-electron chi connectivity index (χ0n) is 6.46. The van der Waals surface area contributed by atoms with Crippen molar-refractivity contribution in [2.75, 3.05) is 0 Å². The smallest absolute Gasteiger partial charge is 0.104 e. The molecule has 0 saturated heterocycles. The third-order valence-electron chi connectivity index (χ3n) is 3.29. The van der Waals surface area contributed by atoms with E-state index in [1.807, 2.05) is 0 Å². The van der Waals surface area contributed by atoms with Crippen molar-refractivity contribution < 1.29 is 0 Å². The van der Waals surface area contributed by atoms with Crippen molar-refractivity contribution in [1.29, 1.82) is 5.26 Å². The van der Waals surface area contributed by atoms with Gasteiger partial charge >= 0.3 is 0 Å². The van der Waals surface area contributed by atoms with E-state index < -0.39 is 0 Å². The van der Waals surface area contributed by atoms with Crippen molar-refractivity contribution >= 4 is 15.9 Å². The molecule has 0 aromatic carbocycles. The predicted molar refractivity (Wildman–Crippen MR) is 47.3 cm³/mol. The van der Waals surface area contributed by atoms with E-state index >= 15 is 0 Å². The Morgan fingerprint density at radius 1 is 1.36 bits per heavy atom. The number of halogens is 1. The Morgan fingerprint density at radius 3 is 2.64 bits per heavy atom. The van der Waals surface area contributed by atoms with E-state index in [9.17, 15) is 0 Å². The molecule has 0 aromatic heterocycles. The van der Waals surface area contributed by atoms with Crippen LogP contribution in [0.2, 0.25) is 0 Å². The molecular weight excluding hydrogens is 202 g/mol. The molecule has 0 aromatic rings. The third kappa shape index (κ3) is 1.20. The number of hydrogen-bond acceptors (Lipinski definition) is 1. The minimum absolute atomic E-state index is 0.123. The van der Waals surface area contributed by atoms with Gasteiger partial charge in [-0.3, -0.25) is 0 Å². The molecule has 4 atom stereocenters. The molecule has 11 heavy (non-hydrogen) atoms. The first kappa shape index (κ1) is 7.61. The second-order valence-electron chi connectivity index (χ2n) is 3.87. The number of nitriles is 1. The lowest BCUT2D eigenvalue weighted by molar-refractivity contribution is 0.347. The molecule has 1 nitrogen and oxygen atoms in total. The molecular formula is C9H12BrN. The molecule has 0 radical (unpaired) electrons. The van der Waals surface area contributed by atoms with Crippen LogP contribution in [0.25, 0.3) is 0 Å². The van der Waals surface area contributed by atoms with Gasteiger partial charge in [0.2, 0.25) is 0 Å². The summed E-state index contributed by atoms with van der Waals surface area (Å²) >= 11 is 3.44. The predicted octanol–water partition coefficient (Wildman–Crippen LogP) is 2.71. The third-order valence-corrected chi connectivity index (χ3v) is 4.18. The standard InChI is InChI=1S/C9H12BrN/c10-9(5-11)8-4-6-1-2-7(8)3-6/h6-9H,1-4H2. The minimum Gasteiger partial charge on any atom is -0.197 e. The Kier molecular flexibility index (Phi) is 1.93. The lowest BCUT2D eigenvalue weighted by Gasteiger charge is -2.21. The lowest BCUT2D eigenvalue weighted by atomic mass is 9.87. The van der Waals surface area contributed by atoms with Crippen LogP contribution in [-0.2, 0) is 0 Å². The normalized spacial score (nSPS) is 43.8. The van der Waals surface area contributed by atoms with Crippen LogP contribution in [0.1, 0.15) is 25.7 Å². The number of hydrogen-bond donors (Lipinski definition) is 0. The van der Waals surface area contributed by atoms with Gasteiger partial charge in [-0.05, 0) is 37.0 Å². The van der Waals surface area contributed by atoms with Gasteiger partial charge in [0.1, 0.15) is 4.83 Å². The molecule has 60 valence electrons. The highest BCUT2D eigenvalue weighted by atomic mass is 79.9. The molecule has 0 N–H and O–H groups in total. The van der Waals surface area contributed by atoms with Crippen LogP contribution < -0.4 is 0 Å². The Hall–Kier alpha value is -0.0300. The zero-order valence-corrected chi connectivity index (χ0v) is 8.05. The average Bonchev–Trinajstić information content (AvgIpc) is 2.62. The van der Waals surface area contributed by atoms with Crippen molar-refractivity contribution in [2.45, 2.75) is 30.5 Å². The van der Waals surface area contributed by atoms with Gasteiger partial charge in [-0.2, -0.15) is 5.26 Å². The highest BCUT2D eigenvalue weighted by Crippen LogP contribution is 2.50. The van der Waals surface area contributed by atoms with Crippen molar-refractivity contribution in [3.8, 4) is 6.07 Å². The molecule has 4 unspecified atom stereocenters. The second-order valence-corrected chi connectivity index (χ2v) is 4.86. The van der Waals surface area contributed by atoms with E-state index in [4.69, 9.17) is 5.26 Å². The van der Waals surface area contributed by atoms with Crippen molar-refractivity contribution in [3.05, 3.63) is 0 Å². The summed E-state index contributed by atoms with van der Waals surface area (Å²) in [7, 11) is 0. The van der Waals surface area contributed by atoms with Crippen LogP contribution in [0, 0.1) is 29.1 Å². The number of fused-ring (bicyclic) bond motifs is 2. The molecule has 2 bridgehead atoms. The summed E-state index contributed by atoms with van der Waals surface area (Å²) in [5.41, 5.74) is 0. The van der Waals surface area contributed by atoms with Gasteiger partial charge in [0.25, 0.3) is 0 Å². The number of nitrogens with zero attached hydrogens (tertiary/aromatic N) is 1. The SMILES string of the molecule is N#CC(Br)C1CC2CCC1C2. The highest BCUT2D eigenvalue weighted by molar-refractivity contribution is 9.09. The van der Waals surface area contributed by atoms with Gasteiger partial charge in [0.15, 0.2) is 0 Å². The van der Waals surface area contributed by atoms with Crippen LogP contribution >= 0.6 is 15.9 Å². The quantitative estimate of drug-likeness (QED) is 0.615. The zero-order chi connectivity index (χ0) is 7.84. The molecule has 0 aliphatic heterocycles. The molecule has 0 spiro atoms. The fraction of sp³-hybridized carbons (Fsp3) is 0.889. The first-order valence-corrected chi connectivity index (χ1v) is 5.26. The maximum atomic E-state index is 8.73. The molecule has 0 heterocycles. The summed E-state index contributed by atoms with van der Waals surface area (Å²) in [6, 6.07) is 2.31. The fourth-order valence-electron chi connectivity index (χ4n) is 2.75. The molecule has 2 aliphatic rings. The highest BCUT2D eigenvalue weighted by Gasteiger charge is 2.42. The maximum absolute atomic E-state index is 8.73. The summed E-state index contributed by atoms with van der Waals surface area (Å²) in [6.07, 6.45) is 5.49. The Labute approximate surface area is 75.9 Å². The molecule has 2 saturated carbocycles. The van der Waals surface area contributed by atoms with Crippen LogP contribution in [0.15, 0.2) is 0 Å². The van der Waals surface area contributed by atoms with Gasteiger partial charge in [0.05, 0.1) is 6.07 Å². The van der Waals surface area contributed by atoms with Crippen molar-refractivity contribution in [3.63, 3.8) is 0 Å². The van der Waals surface area contributed by atoms with Crippen LogP contribution in [-0.4, -0.2) is 4.83 Å². The van der Waals surface area contributed by atoms with E-state index in [-0.39, 0.29) is 4.83 Å². The summed E-state index contributed by atoms with van der Waals surface area (Å²) < 4.78 is 0. The van der Waals surface area contributed by atoms with E-state index in [0.29, 0.717) is 5.92 Å². The number of alkyl halides is 1. The number of rotatable bonds is 1.